The summed E-state index contributed by atoms with van der Waals surface area (Å²) in [6.45, 7) is 2.09. The van der Waals surface area contributed by atoms with E-state index in [1.54, 1.807) is 41.8 Å². The average Bonchev–Trinajstić information content (AvgIpc) is 3.16. The zero-order valence-electron chi connectivity index (χ0n) is 13.8. The van der Waals surface area contributed by atoms with Crippen LogP contribution in [0.2, 0.25) is 0 Å². The molecule has 25 heavy (non-hydrogen) atoms. The van der Waals surface area contributed by atoms with Crippen LogP contribution in [0, 0.1) is 0 Å². The molecule has 0 aliphatic rings. The molecule has 0 saturated heterocycles. The molecule has 0 spiro atoms. The second-order valence-corrected chi connectivity index (χ2v) is 8.65. The third-order valence-electron chi connectivity index (χ3n) is 3.51. The van der Waals surface area contributed by atoms with E-state index in [9.17, 15) is 18.0 Å². The Hall–Kier alpha value is -2.19. The van der Waals surface area contributed by atoms with E-state index < -0.39 is 26.9 Å². The van der Waals surface area contributed by atoms with Crippen LogP contribution in [0.3, 0.4) is 0 Å². The van der Waals surface area contributed by atoms with Gasteiger partial charge >= 0.3 is 11.8 Å². The Kier molecular flexibility index (Phi) is 6.72. The Morgan fingerprint density at radius 3 is 2.32 bits per heavy atom. The van der Waals surface area contributed by atoms with E-state index in [0.29, 0.717) is 18.5 Å². The molecule has 0 unspecified atom stereocenters. The standard InChI is InChI=1S/C17H20N2O4S2/c1-2-10-18-16(20)17(21)19-12-14(13-7-4-3-5-8-13)25(22,23)15-9-6-11-24-15/h3-9,11,14H,2,10,12H2,1H3,(H,18,20)(H,19,21)/t14-/m0/s1. The van der Waals surface area contributed by atoms with Crippen LogP contribution in [0.1, 0.15) is 24.2 Å². The summed E-state index contributed by atoms with van der Waals surface area (Å²) in [5.41, 5.74) is 0.560. The van der Waals surface area contributed by atoms with Crippen molar-refractivity contribution in [1.82, 2.24) is 10.6 Å². The van der Waals surface area contributed by atoms with Gasteiger partial charge in [-0.2, -0.15) is 0 Å². The molecule has 8 heteroatoms. The van der Waals surface area contributed by atoms with E-state index in [-0.39, 0.29) is 10.8 Å². The molecule has 2 amide bonds. The van der Waals surface area contributed by atoms with E-state index >= 15 is 0 Å². The van der Waals surface area contributed by atoms with Crippen LogP contribution in [0.25, 0.3) is 0 Å². The molecule has 1 aromatic carbocycles. The zero-order valence-corrected chi connectivity index (χ0v) is 15.4. The van der Waals surface area contributed by atoms with E-state index in [2.05, 4.69) is 10.6 Å². The molecule has 0 aliphatic heterocycles. The summed E-state index contributed by atoms with van der Waals surface area (Å²) in [7, 11) is -3.68. The van der Waals surface area contributed by atoms with Crippen molar-refractivity contribution in [2.24, 2.45) is 0 Å². The summed E-state index contributed by atoms with van der Waals surface area (Å²) in [4.78, 5) is 23.5. The van der Waals surface area contributed by atoms with Crippen molar-refractivity contribution in [2.45, 2.75) is 22.8 Å². The SMILES string of the molecule is CCCNC(=O)C(=O)NC[C@@H](c1ccccc1)S(=O)(=O)c1cccs1. The predicted octanol–water partition coefficient (Wildman–Crippen LogP) is 1.91. The molecule has 2 rings (SSSR count). The van der Waals surface area contributed by atoms with Gasteiger partial charge in [-0.1, -0.05) is 43.3 Å². The van der Waals surface area contributed by atoms with Crippen LogP contribution in [-0.4, -0.2) is 33.3 Å². The molecule has 0 aliphatic carbocycles. The maximum absolute atomic E-state index is 12.9. The first-order valence-corrected chi connectivity index (χ1v) is 10.3. The lowest BCUT2D eigenvalue weighted by Gasteiger charge is -2.18. The third-order valence-corrected chi connectivity index (χ3v) is 7.04. The average molecular weight is 380 g/mol. The van der Waals surface area contributed by atoms with E-state index in [0.717, 1.165) is 11.3 Å². The monoisotopic (exact) mass is 380 g/mol. The number of carbonyl (C=O) groups is 2. The quantitative estimate of drug-likeness (QED) is 0.718. The fourth-order valence-corrected chi connectivity index (χ4v) is 5.09. The summed E-state index contributed by atoms with van der Waals surface area (Å²) in [6, 6.07) is 11.8. The molecule has 2 N–H and O–H groups in total. The Morgan fingerprint density at radius 1 is 1.04 bits per heavy atom. The van der Waals surface area contributed by atoms with Gasteiger partial charge < -0.3 is 10.6 Å². The minimum atomic E-state index is -3.68. The van der Waals surface area contributed by atoms with Gasteiger partial charge in [-0.3, -0.25) is 9.59 Å². The second-order valence-electron chi connectivity index (χ2n) is 5.34. The van der Waals surface area contributed by atoms with Crippen molar-refractivity contribution < 1.29 is 18.0 Å². The van der Waals surface area contributed by atoms with Gasteiger partial charge in [0.2, 0.25) is 0 Å². The number of benzene rings is 1. The van der Waals surface area contributed by atoms with Crippen molar-refractivity contribution >= 4 is 33.0 Å². The van der Waals surface area contributed by atoms with Crippen molar-refractivity contribution in [3.05, 3.63) is 53.4 Å². The second kappa shape index (κ2) is 8.77. The van der Waals surface area contributed by atoms with Crippen LogP contribution in [-0.2, 0) is 19.4 Å². The first-order chi connectivity index (χ1) is 12.0. The fraction of sp³-hybridized carbons (Fsp3) is 0.294. The number of thiophene rings is 1. The van der Waals surface area contributed by atoms with Crippen molar-refractivity contribution in [1.29, 1.82) is 0 Å². The minimum absolute atomic E-state index is 0.178. The normalized spacial score (nSPS) is 12.4. The summed E-state index contributed by atoms with van der Waals surface area (Å²) in [5.74, 6) is -1.60. The first-order valence-electron chi connectivity index (χ1n) is 7.85. The van der Waals surface area contributed by atoms with Crippen LogP contribution < -0.4 is 10.6 Å². The fourth-order valence-electron chi connectivity index (χ4n) is 2.22. The third kappa shape index (κ3) is 4.90. The number of sulfone groups is 1. The Balaban J connectivity index is 2.20. The molecule has 0 bridgehead atoms. The van der Waals surface area contributed by atoms with Gasteiger partial charge in [0.15, 0.2) is 9.84 Å². The van der Waals surface area contributed by atoms with Crippen LogP contribution >= 0.6 is 11.3 Å². The highest BCUT2D eigenvalue weighted by Crippen LogP contribution is 2.30. The van der Waals surface area contributed by atoms with Crippen molar-refractivity contribution in [3.63, 3.8) is 0 Å². The van der Waals surface area contributed by atoms with Crippen molar-refractivity contribution in [3.8, 4) is 0 Å². The van der Waals surface area contributed by atoms with Gasteiger partial charge in [0.05, 0.1) is 0 Å². The first kappa shape index (κ1) is 19.1. The largest absolute Gasteiger partial charge is 0.348 e. The van der Waals surface area contributed by atoms with Gasteiger partial charge in [0.25, 0.3) is 0 Å². The van der Waals surface area contributed by atoms with E-state index in [4.69, 9.17) is 0 Å². The molecule has 1 aromatic heterocycles. The van der Waals surface area contributed by atoms with Crippen LogP contribution in [0.4, 0.5) is 0 Å². The highest BCUT2D eigenvalue weighted by molar-refractivity contribution is 7.93. The smallest absolute Gasteiger partial charge is 0.309 e. The van der Waals surface area contributed by atoms with E-state index in [1.165, 1.54) is 6.07 Å². The number of nitrogens with one attached hydrogen (secondary N) is 2. The number of rotatable bonds is 7. The lowest BCUT2D eigenvalue weighted by molar-refractivity contribution is -0.139. The summed E-state index contributed by atoms with van der Waals surface area (Å²) < 4.78 is 26.0. The topological polar surface area (TPSA) is 92.3 Å². The molecule has 0 radical (unpaired) electrons. The molecule has 134 valence electrons. The number of amides is 2. The molecular weight excluding hydrogens is 360 g/mol. The summed E-state index contributed by atoms with van der Waals surface area (Å²) in [6.07, 6.45) is 0.707. The van der Waals surface area contributed by atoms with Gasteiger partial charge in [-0.25, -0.2) is 8.42 Å². The lowest BCUT2D eigenvalue weighted by atomic mass is 10.1. The van der Waals surface area contributed by atoms with E-state index in [1.807, 2.05) is 6.92 Å². The molecule has 0 fully saturated rings. The number of hydrogen-bond donors (Lipinski definition) is 2. The summed E-state index contributed by atoms with van der Waals surface area (Å²) >= 11 is 1.12. The summed E-state index contributed by atoms with van der Waals surface area (Å²) in [5, 5.41) is 5.62. The van der Waals surface area contributed by atoms with Gasteiger partial charge in [-0.15, -0.1) is 11.3 Å². The Labute approximate surface area is 151 Å². The Bertz CT molecular complexity index is 802. The van der Waals surface area contributed by atoms with Crippen molar-refractivity contribution in [2.75, 3.05) is 13.1 Å². The number of carbonyl (C=O) groups excluding carboxylic acids is 2. The highest BCUT2D eigenvalue weighted by Gasteiger charge is 2.30. The van der Waals surface area contributed by atoms with Crippen LogP contribution in [0.5, 0.6) is 0 Å². The molecule has 2 aromatic rings. The van der Waals surface area contributed by atoms with Crippen LogP contribution in [0.15, 0.2) is 52.1 Å². The Morgan fingerprint density at radius 2 is 1.72 bits per heavy atom. The number of hydrogen-bond acceptors (Lipinski definition) is 5. The van der Waals surface area contributed by atoms with Gasteiger partial charge in [-0.05, 0) is 23.4 Å². The molecule has 0 saturated carbocycles. The predicted molar refractivity (Wildman–Crippen MR) is 97.0 cm³/mol. The van der Waals surface area contributed by atoms with Gasteiger partial charge in [0, 0.05) is 13.1 Å². The molecule has 6 nitrogen and oxygen atoms in total. The maximum Gasteiger partial charge on any atom is 0.309 e. The molecular formula is C17H20N2O4S2. The molecule has 1 atom stereocenters. The highest BCUT2D eigenvalue weighted by atomic mass is 32.2. The minimum Gasteiger partial charge on any atom is -0.348 e. The maximum atomic E-state index is 12.9. The molecule has 1 heterocycles. The zero-order chi connectivity index (χ0) is 18.3. The van der Waals surface area contributed by atoms with Gasteiger partial charge in [0.1, 0.15) is 9.46 Å². The lowest BCUT2D eigenvalue weighted by Crippen LogP contribution is -2.42.